The SMILES string of the molecule is CC(=O)N[C@@H](C)c1ccc(OC2CCN(c3ccc4c(c3)OCCCO4)C2)cc1. The number of anilines is 1. The van der Waals surface area contributed by atoms with Crippen molar-refractivity contribution < 1.29 is 19.0 Å². The second-order valence-electron chi connectivity index (χ2n) is 7.65. The van der Waals surface area contributed by atoms with Crippen LogP contribution in [0.25, 0.3) is 0 Å². The van der Waals surface area contributed by atoms with Crippen LogP contribution >= 0.6 is 0 Å². The number of amides is 1. The Hall–Kier alpha value is -2.89. The third kappa shape index (κ3) is 4.75. The van der Waals surface area contributed by atoms with E-state index in [4.69, 9.17) is 14.2 Å². The third-order valence-corrected chi connectivity index (χ3v) is 5.34. The van der Waals surface area contributed by atoms with Gasteiger partial charge in [0.15, 0.2) is 11.5 Å². The van der Waals surface area contributed by atoms with Crippen LogP contribution in [0, 0.1) is 0 Å². The first-order chi connectivity index (χ1) is 14.1. The van der Waals surface area contributed by atoms with Gasteiger partial charge in [0.05, 0.1) is 25.8 Å². The lowest BCUT2D eigenvalue weighted by Gasteiger charge is -2.20. The molecular formula is C23H28N2O4. The third-order valence-electron chi connectivity index (χ3n) is 5.34. The average Bonchev–Trinajstić information content (AvgIpc) is 3.04. The van der Waals surface area contributed by atoms with Crippen molar-refractivity contribution in [2.24, 2.45) is 0 Å². The molecule has 1 fully saturated rings. The Morgan fingerprint density at radius 1 is 1.14 bits per heavy atom. The zero-order valence-corrected chi connectivity index (χ0v) is 17.0. The van der Waals surface area contributed by atoms with Crippen molar-refractivity contribution in [3.63, 3.8) is 0 Å². The molecule has 6 heteroatoms. The van der Waals surface area contributed by atoms with Crippen molar-refractivity contribution >= 4 is 11.6 Å². The Morgan fingerprint density at radius 3 is 2.66 bits per heavy atom. The minimum absolute atomic E-state index is 0.0112. The van der Waals surface area contributed by atoms with Gasteiger partial charge in [-0.1, -0.05) is 12.1 Å². The number of fused-ring (bicyclic) bond motifs is 1. The van der Waals surface area contributed by atoms with Crippen LogP contribution in [0.1, 0.15) is 38.3 Å². The fraction of sp³-hybridized carbons (Fsp3) is 0.435. The van der Waals surface area contributed by atoms with Gasteiger partial charge in [0.25, 0.3) is 0 Å². The fourth-order valence-electron chi connectivity index (χ4n) is 3.82. The van der Waals surface area contributed by atoms with Crippen LogP contribution in [0.15, 0.2) is 42.5 Å². The van der Waals surface area contributed by atoms with Crippen LogP contribution in [-0.4, -0.2) is 38.3 Å². The highest BCUT2D eigenvalue weighted by molar-refractivity contribution is 5.73. The summed E-state index contributed by atoms with van der Waals surface area (Å²) in [5.74, 6) is 2.48. The van der Waals surface area contributed by atoms with E-state index in [0.29, 0.717) is 13.2 Å². The van der Waals surface area contributed by atoms with E-state index in [1.54, 1.807) is 0 Å². The maximum atomic E-state index is 11.2. The summed E-state index contributed by atoms with van der Waals surface area (Å²) in [6, 6.07) is 14.1. The second-order valence-corrected chi connectivity index (χ2v) is 7.65. The molecule has 0 aliphatic carbocycles. The first-order valence-corrected chi connectivity index (χ1v) is 10.3. The van der Waals surface area contributed by atoms with Crippen LogP contribution in [-0.2, 0) is 4.79 Å². The summed E-state index contributed by atoms with van der Waals surface area (Å²) in [5, 5.41) is 2.90. The second kappa shape index (κ2) is 8.64. The van der Waals surface area contributed by atoms with E-state index in [2.05, 4.69) is 22.3 Å². The largest absolute Gasteiger partial charge is 0.490 e. The van der Waals surface area contributed by atoms with E-state index in [1.807, 2.05) is 37.3 Å². The van der Waals surface area contributed by atoms with Crippen LogP contribution < -0.4 is 24.4 Å². The van der Waals surface area contributed by atoms with Gasteiger partial charge in [-0.3, -0.25) is 4.79 Å². The summed E-state index contributed by atoms with van der Waals surface area (Å²) in [7, 11) is 0. The number of carbonyl (C=O) groups is 1. The fourth-order valence-corrected chi connectivity index (χ4v) is 3.82. The van der Waals surface area contributed by atoms with Crippen molar-refractivity contribution in [2.45, 2.75) is 38.8 Å². The highest BCUT2D eigenvalue weighted by atomic mass is 16.5. The molecule has 1 unspecified atom stereocenters. The van der Waals surface area contributed by atoms with Crippen LogP contribution in [0.2, 0.25) is 0 Å². The molecule has 154 valence electrons. The lowest BCUT2D eigenvalue weighted by molar-refractivity contribution is -0.119. The number of hydrogen-bond donors (Lipinski definition) is 1. The Morgan fingerprint density at radius 2 is 1.90 bits per heavy atom. The van der Waals surface area contributed by atoms with Crippen LogP contribution in [0.3, 0.4) is 0 Å². The van der Waals surface area contributed by atoms with Gasteiger partial charge in [-0.25, -0.2) is 0 Å². The summed E-state index contributed by atoms with van der Waals surface area (Å²) in [6.07, 6.45) is 2.02. The minimum atomic E-state index is -0.0290. The summed E-state index contributed by atoms with van der Waals surface area (Å²) < 4.78 is 17.7. The van der Waals surface area contributed by atoms with E-state index in [9.17, 15) is 4.79 Å². The maximum absolute atomic E-state index is 11.2. The Labute approximate surface area is 171 Å². The molecule has 0 radical (unpaired) electrons. The smallest absolute Gasteiger partial charge is 0.217 e. The Kier molecular flexibility index (Phi) is 5.79. The molecular weight excluding hydrogens is 368 g/mol. The molecule has 2 atom stereocenters. The number of hydrogen-bond acceptors (Lipinski definition) is 5. The van der Waals surface area contributed by atoms with Gasteiger partial charge in [-0.2, -0.15) is 0 Å². The molecule has 0 spiro atoms. The molecule has 1 N–H and O–H groups in total. The van der Waals surface area contributed by atoms with Crippen LogP contribution in [0.5, 0.6) is 17.2 Å². The summed E-state index contributed by atoms with van der Waals surface area (Å²) in [4.78, 5) is 13.5. The first-order valence-electron chi connectivity index (χ1n) is 10.3. The normalized spacial score (nSPS) is 19.4. The number of nitrogens with one attached hydrogen (secondary N) is 1. The minimum Gasteiger partial charge on any atom is -0.490 e. The summed E-state index contributed by atoms with van der Waals surface area (Å²) in [5.41, 5.74) is 2.20. The number of rotatable bonds is 5. The molecule has 2 aliphatic rings. The van der Waals surface area contributed by atoms with E-state index >= 15 is 0 Å². The van der Waals surface area contributed by atoms with Gasteiger partial charge in [-0.15, -0.1) is 0 Å². The summed E-state index contributed by atoms with van der Waals surface area (Å²) in [6.45, 7) is 6.68. The van der Waals surface area contributed by atoms with Gasteiger partial charge in [-0.05, 0) is 36.8 Å². The zero-order chi connectivity index (χ0) is 20.2. The van der Waals surface area contributed by atoms with Gasteiger partial charge in [0.1, 0.15) is 11.9 Å². The molecule has 1 saturated heterocycles. The first kappa shape index (κ1) is 19.4. The zero-order valence-electron chi connectivity index (χ0n) is 17.0. The quantitative estimate of drug-likeness (QED) is 0.835. The monoisotopic (exact) mass is 396 g/mol. The topological polar surface area (TPSA) is 60.0 Å². The molecule has 2 aliphatic heterocycles. The van der Waals surface area contributed by atoms with Gasteiger partial charge < -0.3 is 24.4 Å². The lowest BCUT2D eigenvalue weighted by Crippen LogP contribution is -2.24. The maximum Gasteiger partial charge on any atom is 0.217 e. The molecule has 1 amide bonds. The Bertz CT molecular complexity index is 852. The predicted molar refractivity (Wildman–Crippen MR) is 112 cm³/mol. The van der Waals surface area contributed by atoms with Gasteiger partial charge in [0.2, 0.25) is 5.91 Å². The highest BCUT2D eigenvalue weighted by Crippen LogP contribution is 2.35. The van der Waals surface area contributed by atoms with Crippen molar-refractivity contribution in [1.29, 1.82) is 0 Å². The van der Waals surface area contributed by atoms with Crippen molar-refractivity contribution in [1.82, 2.24) is 5.32 Å². The molecule has 0 bridgehead atoms. The molecule has 29 heavy (non-hydrogen) atoms. The summed E-state index contributed by atoms with van der Waals surface area (Å²) >= 11 is 0. The van der Waals surface area contributed by atoms with E-state index < -0.39 is 0 Å². The number of benzene rings is 2. The van der Waals surface area contributed by atoms with E-state index in [1.165, 1.54) is 6.92 Å². The van der Waals surface area contributed by atoms with E-state index in [-0.39, 0.29) is 18.1 Å². The van der Waals surface area contributed by atoms with Gasteiger partial charge in [0, 0.05) is 38.1 Å². The molecule has 2 heterocycles. The number of ether oxygens (including phenoxy) is 3. The Balaban J connectivity index is 1.35. The molecule has 0 aromatic heterocycles. The molecule has 6 nitrogen and oxygen atoms in total. The lowest BCUT2D eigenvalue weighted by atomic mass is 10.1. The predicted octanol–water partition coefficient (Wildman–Crippen LogP) is 3.70. The average molecular weight is 396 g/mol. The number of nitrogens with zero attached hydrogens (tertiary/aromatic N) is 1. The standard InChI is InChI=1S/C23H28N2O4/c1-16(24-17(2)26)18-4-7-20(8-5-18)29-21-10-11-25(15-21)19-6-9-22-23(14-19)28-13-3-12-27-22/h4-9,14,16,21H,3,10-13,15H2,1-2H3,(H,24,26)/t16-,21?/m0/s1. The molecule has 0 saturated carbocycles. The van der Waals surface area contributed by atoms with Gasteiger partial charge >= 0.3 is 0 Å². The van der Waals surface area contributed by atoms with Crippen LogP contribution in [0.4, 0.5) is 5.69 Å². The van der Waals surface area contributed by atoms with E-state index in [0.717, 1.165) is 54.4 Å². The van der Waals surface area contributed by atoms with Crippen molar-refractivity contribution in [2.75, 3.05) is 31.2 Å². The van der Waals surface area contributed by atoms with Crippen molar-refractivity contribution in [3.05, 3.63) is 48.0 Å². The molecule has 4 rings (SSSR count). The molecule has 2 aromatic carbocycles. The van der Waals surface area contributed by atoms with Crippen molar-refractivity contribution in [3.8, 4) is 17.2 Å². The molecule has 2 aromatic rings. The number of carbonyl (C=O) groups excluding carboxylic acids is 1. The highest BCUT2D eigenvalue weighted by Gasteiger charge is 2.25.